The van der Waals surface area contributed by atoms with Gasteiger partial charge in [-0.2, -0.15) is 12.6 Å². The van der Waals surface area contributed by atoms with Crippen LogP contribution >= 0.6 is 12.6 Å². The lowest BCUT2D eigenvalue weighted by atomic mass is 10.1. The van der Waals surface area contributed by atoms with E-state index in [9.17, 15) is 29.1 Å². The molecule has 0 heterocycles. The zero-order valence-corrected chi connectivity index (χ0v) is 17.8. The van der Waals surface area contributed by atoms with Gasteiger partial charge in [-0.3, -0.25) is 19.2 Å². The minimum atomic E-state index is -1.53. The van der Waals surface area contributed by atoms with Gasteiger partial charge in [-0.1, -0.05) is 6.42 Å². The fraction of sp³-hybridized carbons (Fsp3) is 0.706. The van der Waals surface area contributed by atoms with Crippen LogP contribution < -0.4 is 27.4 Å². The highest BCUT2D eigenvalue weighted by Gasteiger charge is 2.29. The number of rotatable bonds is 16. The van der Waals surface area contributed by atoms with Crippen molar-refractivity contribution in [1.29, 1.82) is 0 Å². The molecular formula is C17H31N5O8S. The fourth-order valence-corrected chi connectivity index (χ4v) is 2.63. The quantitative estimate of drug-likeness (QED) is 0.0816. The van der Waals surface area contributed by atoms with Crippen molar-refractivity contribution in [1.82, 2.24) is 16.0 Å². The maximum absolute atomic E-state index is 12.5. The molecule has 13 nitrogen and oxygen atoms in total. The number of aliphatic hydroxyl groups is 1. The first-order chi connectivity index (χ1) is 14.6. The van der Waals surface area contributed by atoms with Crippen molar-refractivity contribution in [3.63, 3.8) is 0 Å². The normalized spacial score (nSPS) is 14.6. The van der Waals surface area contributed by atoms with E-state index in [0.717, 1.165) is 0 Å². The third-order valence-corrected chi connectivity index (χ3v) is 4.56. The van der Waals surface area contributed by atoms with Crippen LogP contribution in [-0.2, 0) is 24.0 Å². The summed E-state index contributed by atoms with van der Waals surface area (Å²) in [6, 6.07) is -5.17. The topological polar surface area (TPSA) is 234 Å². The van der Waals surface area contributed by atoms with E-state index >= 15 is 0 Å². The maximum Gasteiger partial charge on any atom is 0.327 e. The van der Waals surface area contributed by atoms with Crippen LogP contribution in [0.5, 0.6) is 0 Å². The molecule has 0 aliphatic heterocycles. The lowest BCUT2D eigenvalue weighted by molar-refractivity contribution is -0.142. The van der Waals surface area contributed by atoms with Crippen LogP contribution in [0.25, 0.3) is 0 Å². The van der Waals surface area contributed by atoms with Gasteiger partial charge in [-0.15, -0.1) is 0 Å². The predicted octanol–water partition coefficient (Wildman–Crippen LogP) is -3.23. The van der Waals surface area contributed by atoms with Gasteiger partial charge >= 0.3 is 11.9 Å². The van der Waals surface area contributed by atoms with Gasteiger partial charge in [-0.05, 0) is 25.8 Å². The molecule has 0 bridgehead atoms. The van der Waals surface area contributed by atoms with Crippen molar-refractivity contribution < 1.29 is 39.3 Å². The van der Waals surface area contributed by atoms with E-state index < -0.39 is 66.9 Å². The highest BCUT2D eigenvalue weighted by atomic mass is 32.1. The predicted molar refractivity (Wildman–Crippen MR) is 112 cm³/mol. The SMILES string of the molecule is NCCCCC(N)C(=O)NC(CCC(=O)O)C(=O)NC(CO)C(=O)NC(CS)C(=O)O. The Labute approximate surface area is 184 Å². The molecule has 4 unspecified atom stereocenters. The van der Waals surface area contributed by atoms with Crippen molar-refractivity contribution in [3.8, 4) is 0 Å². The second-order valence-electron chi connectivity index (χ2n) is 6.71. The first-order valence-electron chi connectivity index (χ1n) is 9.60. The summed E-state index contributed by atoms with van der Waals surface area (Å²) >= 11 is 3.80. The Kier molecular flexibility index (Phi) is 14.2. The molecule has 0 spiro atoms. The summed E-state index contributed by atoms with van der Waals surface area (Å²) in [5.41, 5.74) is 11.1. The molecule has 0 saturated heterocycles. The Bertz CT molecular complexity index is 636. The molecule has 0 aliphatic carbocycles. The van der Waals surface area contributed by atoms with Crippen molar-refractivity contribution in [2.24, 2.45) is 11.5 Å². The zero-order valence-electron chi connectivity index (χ0n) is 17.0. The molecule has 0 aromatic carbocycles. The third-order valence-electron chi connectivity index (χ3n) is 4.20. The van der Waals surface area contributed by atoms with Gasteiger partial charge in [0.05, 0.1) is 12.6 Å². The van der Waals surface area contributed by atoms with Crippen molar-refractivity contribution >= 4 is 42.3 Å². The smallest absolute Gasteiger partial charge is 0.327 e. The Balaban J connectivity index is 5.15. The number of hydrogen-bond acceptors (Lipinski definition) is 9. The number of carboxylic acids is 2. The molecule has 178 valence electrons. The highest BCUT2D eigenvalue weighted by molar-refractivity contribution is 7.80. The van der Waals surface area contributed by atoms with E-state index in [4.69, 9.17) is 21.7 Å². The molecular weight excluding hydrogens is 434 g/mol. The molecule has 10 N–H and O–H groups in total. The van der Waals surface area contributed by atoms with Crippen LogP contribution in [0.1, 0.15) is 32.1 Å². The molecule has 0 rings (SSSR count). The molecule has 0 fully saturated rings. The molecule has 14 heteroatoms. The molecule has 0 saturated carbocycles. The van der Waals surface area contributed by atoms with E-state index in [-0.39, 0.29) is 12.2 Å². The number of carbonyl (C=O) groups excluding carboxylic acids is 3. The largest absolute Gasteiger partial charge is 0.481 e. The number of aliphatic carboxylic acids is 2. The summed E-state index contributed by atoms with van der Waals surface area (Å²) < 4.78 is 0. The molecule has 4 atom stereocenters. The van der Waals surface area contributed by atoms with E-state index in [1.807, 2.05) is 0 Å². The van der Waals surface area contributed by atoms with Gasteiger partial charge in [-0.25, -0.2) is 4.79 Å². The molecule has 3 amide bonds. The van der Waals surface area contributed by atoms with Crippen LogP contribution in [-0.4, -0.2) is 88.1 Å². The van der Waals surface area contributed by atoms with Gasteiger partial charge in [0.2, 0.25) is 17.7 Å². The summed E-state index contributed by atoms with van der Waals surface area (Å²) in [6.07, 6.45) is 0.785. The monoisotopic (exact) mass is 465 g/mol. The number of carbonyl (C=O) groups is 5. The minimum absolute atomic E-state index is 0.230. The standard InChI is InChI=1S/C17H31N5O8S/c18-6-2-1-3-9(19)14(26)20-10(4-5-13(24)25)15(27)21-11(7-23)16(28)22-12(8-31)17(29)30/h9-12,23,31H,1-8,18-19H2,(H,20,26)(H,21,27)(H,22,28)(H,24,25)(H,29,30). The molecule has 31 heavy (non-hydrogen) atoms. The third kappa shape index (κ3) is 11.5. The number of nitrogens with one attached hydrogen (secondary N) is 3. The fourth-order valence-electron chi connectivity index (χ4n) is 2.38. The zero-order chi connectivity index (χ0) is 24.0. The lowest BCUT2D eigenvalue weighted by Crippen LogP contribution is -2.58. The first kappa shape index (κ1) is 28.6. The minimum Gasteiger partial charge on any atom is -0.481 e. The Morgan fingerprint density at radius 3 is 1.87 bits per heavy atom. The molecule has 0 aliphatic rings. The number of unbranched alkanes of at least 4 members (excludes halogenated alkanes) is 1. The van der Waals surface area contributed by atoms with Crippen LogP contribution in [0, 0.1) is 0 Å². The van der Waals surface area contributed by atoms with Crippen molar-refractivity contribution in [2.75, 3.05) is 18.9 Å². The molecule has 0 radical (unpaired) electrons. The van der Waals surface area contributed by atoms with Gasteiger partial charge in [0, 0.05) is 12.2 Å². The van der Waals surface area contributed by atoms with E-state index in [1.54, 1.807) is 0 Å². The summed E-state index contributed by atoms with van der Waals surface area (Å²) in [7, 11) is 0. The van der Waals surface area contributed by atoms with Crippen LogP contribution in [0.2, 0.25) is 0 Å². The van der Waals surface area contributed by atoms with E-state index in [2.05, 4.69) is 28.6 Å². The highest BCUT2D eigenvalue weighted by Crippen LogP contribution is 2.03. The van der Waals surface area contributed by atoms with E-state index in [1.165, 1.54) is 0 Å². The Morgan fingerprint density at radius 1 is 0.839 bits per heavy atom. The van der Waals surface area contributed by atoms with Crippen LogP contribution in [0.4, 0.5) is 0 Å². The van der Waals surface area contributed by atoms with Crippen molar-refractivity contribution in [2.45, 2.75) is 56.3 Å². The van der Waals surface area contributed by atoms with Crippen LogP contribution in [0.15, 0.2) is 0 Å². The number of hydrogen-bond donors (Lipinski definition) is 9. The van der Waals surface area contributed by atoms with Gasteiger partial charge < -0.3 is 42.7 Å². The average Bonchev–Trinajstić information content (AvgIpc) is 2.72. The first-order valence-corrected chi connectivity index (χ1v) is 10.2. The summed E-state index contributed by atoms with van der Waals surface area (Å²) in [5, 5.41) is 33.9. The molecule has 0 aromatic heterocycles. The lowest BCUT2D eigenvalue weighted by Gasteiger charge is -2.24. The number of carboxylic acid groups (broad SMARTS) is 2. The number of nitrogens with two attached hydrogens (primary N) is 2. The summed E-state index contributed by atoms with van der Waals surface area (Å²) in [6.45, 7) is -0.437. The second kappa shape index (κ2) is 15.4. The number of aliphatic hydroxyl groups excluding tert-OH is 1. The Hall–Kier alpha value is -2.42. The summed E-state index contributed by atoms with van der Waals surface area (Å²) in [4.78, 5) is 58.8. The van der Waals surface area contributed by atoms with Gasteiger partial charge in [0.25, 0.3) is 0 Å². The van der Waals surface area contributed by atoms with E-state index in [0.29, 0.717) is 25.8 Å². The van der Waals surface area contributed by atoms with Crippen molar-refractivity contribution in [3.05, 3.63) is 0 Å². The molecule has 0 aromatic rings. The van der Waals surface area contributed by atoms with Gasteiger partial charge in [0.15, 0.2) is 0 Å². The average molecular weight is 466 g/mol. The maximum atomic E-state index is 12.5. The second-order valence-corrected chi connectivity index (χ2v) is 7.08. The van der Waals surface area contributed by atoms with Gasteiger partial charge in [0.1, 0.15) is 18.1 Å². The Morgan fingerprint density at radius 2 is 1.39 bits per heavy atom. The summed E-state index contributed by atoms with van der Waals surface area (Å²) in [5.74, 6) is -5.41. The number of amides is 3. The number of thiol groups is 1. The van der Waals surface area contributed by atoms with Crippen LogP contribution in [0.3, 0.4) is 0 Å².